The number of carbonyl (C=O) groups is 2. The Labute approximate surface area is 190 Å². The highest BCUT2D eigenvalue weighted by Crippen LogP contribution is 2.29. The number of benzene rings is 2. The molecule has 0 bridgehead atoms. The first-order valence-corrected chi connectivity index (χ1v) is 11.0. The van der Waals surface area contributed by atoms with Crippen LogP contribution in [0.1, 0.15) is 47.3 Å². The van der Waals surface area contributed by atoms with Crippen LogP contribution >= 0.6 is 0 Å². The van der Waals surface area contributed by atoms with Crippen molar-refractivity contribution in [2.45, 2.75) is 38.8 Å². The average molecular weight is 440 g/mol. The fourth-order valence-corrected chi connectivity index (χ4v) is 4.07. The van der Waals surface area contributed by atoms with E-state index in [1.54, 1.807) is 14.2 Å². The van der Waals surface area contributed by atoms with Crippen molar-refractivity contribution in [1.82, 2.24) is 15.5 Å². The van der Waals surface area contributed by atoms with Crippen LogP contribution in [0.4, 0.5) is 0 Å². The first kappa shape index (κ1) is 23.6. The van der Waals surface area contributed by atoms with Crippen LogP contribution in [0.5, 0.6) is 11.5 Å². The number of piperidine rings is 1. The molecule has 7 heteroatoms. The van der Waals surface area contributed by atoms with Gasteiger partial charge in [0.05, 0.1) is 26.8 Å². The van der Waals surface area contributed by atoms with E-state index < -0.39 is 0 Å². The van der Waals surface area contributed by atoms with Crippen molar-refractivity contribution in [2.75, 3.05) is 33.9 Å². The molecule has 2 amide bonds. The van der Waals surface area contributed by atoms with Gasteiger partial charge in [-0.2, -0.15) is 0 Å². The summed E-state index contributed by atoms with van der Waals surface area (Å²) < 4.78 is 10.7. The molecule has 1 fully saturated rings. The van der Waals surface area contributed by atoms with Crippen LogP contribution in [0.15, 0.2) is 42.5 Å². The van der Waals surface area contributed by atoms with Crippen LogP contribution in [0.2, 0.25) is 0 Å². The molecule has 2 aromatic carbocycles. The Morgan fingerprint density at radius 2 is 1.81 bits per heavy atom. The molecule has 1 saturated heterocycles. The second-order valence-electron chi connectivity index (χ2n) is 8.24. The Morgan fingerprint density at radius 1 is 1.09 bits per heavy atom. The van der Waals surface area contributed by atoms with Gasteiger partial charge in [-0.05, 0) is 56.5 Å². The van der Waals surface area contributed by atoms with Gasteiger partial charge < -0.3 is 20.1 Å². The van der Waals surface area contributed by atoms with Gasteiger partial charge in [0.2, 0.25) is 5.91 Å². The zero-order valence-corrected chi connectivity index (χ0v) is 19.3. The largest absolute Gasteiger partial charge is 0.497 e. The van der Waals surface area contributed by atoms with Crippen LogP contribution in [-0.4, -0.2) is 56.6 Å². The maximum atomic E-state index is 12.6. The number of likely N-dealkylation sites (tertiary alicyclic amines) is 1. The van der Waals surface area contributed by atoms with Crippen LogP contribution in [0, 0.1) is 6.92 Å². The fraction of sp³-hybridized carbons (Fsp3) is 0.440. The lowest BCUT2D eigenvalue weighted by atomic mass is 10.0. The van der Waals surface area contributed by atoms with E-state index in [9.17, 15) is 9.59 Å². The third-order valence-corrected chi connectivity index (χ3v) is 5.96. The second-order valence-corrected chi connectivity index (χ2v) is 8.24. The minimum Gasteiger partial charge on any atom is -0.497 e. The minimum absolute atomic E-state index is 0.0274. The lowest BCUT2D eigenvalue weighted by molar-refractivity contribution is -0.123. The van der Waals surface area contributed by atoms with E-state index in [-0.39, 0.29) is 23.9 Å². The summed E-state index contributed by atoms with van der Waals surface area (Å²) in [4.78, 5) is 27.3. The van der Waals surface area contributed by atoms with Crippen LogP contribution in [0.3, 0.4) is 0 Å². The molecule has 7 nitrogen and oxygen atoms in total. The maximum Gasteiger partial charge on any atom is 0.251 e. The molecular weight excluding hydrogens is 406 g/mol. The fourth-order valence-electron chi connectivity index (χ4n) is 4.07. The minimum atomic E-state index is -0.210. The highest BCUT2D eigenvalue weighted by molar-refractivity contribution is 5.95. The van der Waals surface area contributed by atoms with Gasteiger partial charge in [-0.1, -0.05) is 18.2 Å². The molecule has 3 rings (SSSR count). The maximum absolute atomic E-state index is 12.6. The number of nitrogens with zero attached hydrogens (tertiary/aromatic N) is 1. The summed E-state index contributed by atoms with van der Waals surface area (Å²) in [6, 6.07) is 13.1. The predicted octanol–water partition coefficient (Wildman–Crippen LogP) is 3.08. The number of aryl methyl sites for hydroxylation is 1. The molecule has 0 radical (unpaired) electrons. The molecule has 32 heavy (non-hydrogen) atoms. The molecule has 0 aliphatic carbocycles. The third kappa shape index (κ3) is 6.01. The molecule has 0 aromatic heterocycles. The summed E-state index contributed by atoms with van der Waals surface area (Å²) in [6.45, 7) is 5.74. The highest BCUT2D eigenvalue weighted by Gasteiger charge is 2.24. The number of nitrogens with one attached hydrogen (secondary N) is 2. The number of carbonyl (C=O) groups excluding carboxylic acids is 2. The molecule has 0 spiro atoms. The summed E-state index contributed by atoms with van der Waals surface area (Å²) >= 11 is 0. The van der Waals surface area contributed by atoms with Gasteiger partial charge in [-0.15, -0.1) is 0 Å². The molecule has 2 N–H and O–H groups in total. The van der Waals surface area contributed by atoms with Crippen molar-refractivity contribution in [2.24, 2.45) is 0 Å². The van der Waals surface area contributed by atoms with E-state index in [2.05, 4.69) is 15.5 Å². The standard InChI is InChI=1S/C25H33N3O4/c1-17-7-5-6-8-21(17)25(30)27-19-11-13-28(14-12-19)16-24(29)26-18(2)22-15-20(31-3)9-10-23(22)32-4/h5-10,15,18-19H,11-14,16H2,1-4H3,(H,26,29)(H,27,30). The molecule has 1 heterocycles. The van der Waals surface area contributed by atoms with Crippen molar-refractivity contribution in [1.29, 1.82) is 0 Å². The van der Waals surface area contributed by atoms with Crippen molar-refractivity contribution in [3.63, 3.8) is 0 Å². The Morgan fingerprint density at radius 3 is 2.47 bits per heavy atom. The zero-order chi connectivity index (χ0) is 23.1. The quantitative estimate of drug-likeness (QED) is 0.661. The third-order valence-electron chi connectivity index (χ3n) is 5.96. The van der Waals surface area contributed by atoms with Gasteiger partial charge in [0.25, 0.3) is 5.91 Å². The van der Waals surface area contributed by atoms with Gasteiger partial charge in [0.15, 0.2) is 0 Å². The monoisotopic (exact) mass is 439 g/mol. The van der Waals surface area contributed by atoms with E-state index in [0.29, 0.717) is 12.3 Å². The van der Waals surface area contributed by atoms with E-state index in [4.69, 9.17) is 9.47 Å². The molecule has 2 aromatic rings. The SMILES string of the molecule is COc1ccc(OC)c(C(C)NC(=O)CN2CCC(NC(=O)c3ccccc3C)CC2)c1. The number of hydrogen-bond acceptors (Lipinski definition) is 5. The van der Waals surface area contributed by atoms with Crippen molar-refractivity contribution < 1.29 is 19.1 Å². The van der Waals surface area contributed by atoms with Crippen LogP contribution in [0.25, 0.3) is 0 Å². The van der Waals surface area contributed by atoms with Crippen molar-refractivity contribution in [3.05, 3.63) is 59.2 Å². The molecule has 0 saturated carbocycles. The Bertz CT molecular complexity index is 939. The summed E-state index contributed by atoms with van der Waals surface area (Å²) in [5, 5.41) is 6.19. The van der Waals surface area contributed by atoms with E-state index in [1.807, 2.05) is 56.3 Å². The molecule has 1 aliphatic heterocycles. The normalized spacial score (nSPS) is 15.6. The summed E-state index contributed by atoms with van der Waals surface area (Å²) in [5.41, 5.74) is 2.56. The molecule has 1 unspecified atom stereocenters. The van der Waals surface area contributed by atoms with E-state index >= 15 is 0 Å². The first-order chi connectivity index (χ1) is 15.4. The van der Waals surface area contributed by atoms with Gasteiger partial charge >= 0.3 is 0 Å². The second kappa shape index (κ2) is 11.0. The highest BCUT2D eigenvalue weighted by atomic mass is 16.5. The number of amides is 2. The van der Waals surface area contributed by atoms with Crippen molar-refractivity contribution >= 4 is 11.8 Å². The Kier molecular flexibility index (Phi) is 8.11. The summed E-state index contributed by atoms with van der Waals surface area (Å²) in [7, 11) is 3.23. The lowest BCUT2D eigenvalue weighted by Crippen LogP contribution is -2.47. The van der Waals surface area contributed by atoms with Crippen LogP contribution in [-0.2, 0) is 4.79 Å². The Balaban J connectivity index is 1.47. The molecule has 1 aliphatic rings. The number of hydrogen-bond donors (Lipinski definition) is 2. The van der Waals surface area contributed by atoms with Gasteiger partial charge in [-0.25, -0.2) is 0 Å². The number of ether oxygens (including phenoxy) is 2. The van der Waals surface area contributed by atoms with Gasteiger partial charge in [-0.3, -0.25) is 14.5 Å². The summed E-state index contributed by atoms with van der Waals surface area (Å²) in [6.07, 6.45) is 1.65. The number of rotatable bonds is 8. The molecule has 1 atom stereocenters. The zero-order valence-electron chi connectivity index (χ0n) is 19.3. The molecular formula is C25H33N3O4. The smallest absolute Gasteiger partial charge is 0.251 e. The molecule has 172 valence electrons. The lowest BCUT2D eigenvalue weighted by Gasteiger charge is -2.32. The predicted molar refractivity (Wildman–Crippen MR) is 124 cm³/mol. The topological polar surface area (TPSA) is 79.9 Å². The van der Waals surface area contributed by atoms with Crippen LogP contribution < -0.4 is 20.1 Å². The van der Waals surface area contributed by atoms with Crippen molar-refractivity contribution in [3.8, 4) is 11.5 Å². The average Bonchev–Trinajstić information content (AvgIpc) is 2.80. The van der Waals surface area contributed by atoms with Gasteiger partial charge in [0, 0.05) is 30.3 Å². The van der Waals surface area contributed by atoms with E-state index in [1.165, 1.54) is 0 Å². The first-order valence-electron chi connectivity index (χ1n) is 11.0. The number of methoxy groups -OCH3 is 2. The summed E-state index contributed by atoms with van der Waals surface area (Å²) in [5.74, 6) is 1.37. The van der Waals surface area contributed by atoms with E-state index in [0.717, 1.165) is 48.4 Å². The van der Waals surface area contributed by atoms with Gasteiger partial charge in [0.1, 0.15) is 11.5 Å². The Hall–Kier alpha value is -3.06.